The first-order chi connectivity index (χ1) is 4.56. The smallest absolute Gasteiger partial charge is 0.450 e. The van der Waals surface area contributed by atoms with Crippen LogP contribution in [0.4, 0.5) is 4.79 Å². The fourth-order valence-electron chi connectivity index (χ4n) is 0. The summed E-state index contributed by atoms with van der Waals surface area (Å²) in [6.45, 7) is 2.86. The van der Waals surface area contributed by atoms with E-state index in [4.69, 9.17) is 25.5 Å². The number of carboxylic acid groups (broad SMARTS) is 2. The molecule has 0 unspecified atom stereocenters. The Labute approximate surface area is 58.7 Å². The van der Waals surface area contributed by atoms with Crippen LogP contribution in [-0.4, -0.2) is 16.4 Å². The second kappa shape index (κ2) is 26.8. The van der Waals surface area contributed by atoms with Crippen LogP contribution in [0, 0.1) is 22.7 Å². The third kappa shape index (κ3) is 56.2. The largest absolute Gasteiger partial charge is 0.503 e. The lowest BCUT2D eigenvalue weighted by Gasteiger charge is -1.60. The van der Waals surface area contributed by atoms with Crippen LogP contribution >= 0.6 is 0 Å². The van der Waals surface area contributed by atoms with Crippen LogP contribution < -0.4 is 0 Å². The van der Waals surface area contributed by atoms with Crippen LogP contribution in [0.5, 0.6) is 0 Å². The molecule has 0 heterocycles. The van der Waals surface area contributed by atoms with Crippen LogP contribution in [0.15, 0.2) is 0 Å². The van der Waals surface area contributed by atoms with Gasteiger partial charge in [-0.2, -0.15) is 10.5 Å². The van der Waals surface area contributed by atoms with E-state index in [1.165, 1.54) is 13.8 Å². The maximum Gasteiger partial charge on any atom is 0.503 e. The molecule has 0 spiro atoms. The summed E-state index contributed by atoms with van der Waals surface area (Å²) in [4.78, 5) is 8.56. The number of hydrogen-bond acceptors (Lipinski definition) is 3. The molecule has 0 aliphatic rings. The lowest BCUT2D eigenvalue weighted by Crippen LogP contribution is -1.81. The van der Waals surface area contributed by atoms with Gasteiger partial charge in [-0.25, -0.2) is 4.79 Å². The maximum atomic E-state index is 8.56. The number of nitriles is 2. The van der Waals surface area contributed by atoms with Gasteiger partial charge in [0.15, 0.2) is 0 Å². The molecule has 0 radical (unpaired) electrons. The zero-order valence-electron chi connectivity index (χ0n) is 5.70. The minimum absolute atomic E-state index is 1.43. The van der Waals surface area contributed by atoms with Gasteiger partial charge < -0.3 is 10.2 Å². The summed E-state index contributed by atoms with van der Waals surface area (Å²) in [7, 11) is 0. The topological polar surface area (TPSA) is 105 Å². The van der Waals surface area contributed by atoms with Gasteiger partial charge in [-0.1, -0.05) is 0 Å². The van der Waals surface area contributed by atoms with Crippen molar-refractivity contribution in [2.45, 2.75) is 13.8 Å². The molecule has 2 N–H and O–H groups in total. The molecule has 0 saturated carbocycles. The highest BCUT2D eigenvalue weighted by Crippen LogP contribution is 1.42. The minimum Gasteiger partial charge on any atom is -0.450 e. The molecule has 0 rings (SSSR count). The normalized spacial score (nSPS) is 4.00. The molecular formula is C5H8N2O3. The van der Waals surface area contributed by atoms with Gasteiger partial charge in [0, 0.05) is 13.8 Å². The molecule has 0 aromatic carbocycles. The number of carbonyl (C=O) groups is 1. The van der Waals surface area contributed by atoms with Crippen molar-refractivity contribution in [3.63, 3.8) is 0 Å². The molecule has 0 fully saturated rings. The van der Waals surface area contributed by atoms with E-state index in [0.717, 1.165) is 0 Å². The summed E-state index contributed by atoms with van der Waals surface area (Å²) in [6, 6.07) is 3.50. The van der Waals surface area contributed by atoms with Crippen molar-refractivity contribution < 1.29 is 15.0 Å². The summed E-state index contributed by atoms with van der Waals surface area (Å²) < 4.78 is 0. The number of rotatable bonds is 0. The summed E-state index contributed by atoms with van der Waals surface area (Å²) >= 11 is 0. The highest BCUT2D eigenvalue weighted by Gasteiger charge is 1.70. The molecule has 0 atom stereocenters. The van der Waals surface area contributed by atoms with E-state index < -0.39 is 6.16 Å². The minimum atomic E-state index is -1.83. The third-order valence-electron chi connectivity index (χ3n) is 0. The second-order valence-electron chi connectivity index (χ2n) is 0.730. The maximum absolute atomic E-state index is 8.56. The third-order valence-corrected chi connectivity index (χ3v) is 0. The van der Waals surface area contributed by atoms with Crippen molar-refractivity contribution in [3.05, 3.63) is 0 Å². The predicted octanol–water partition coefficient (Wildman–Crippen LogP) is 1.28. The van der Waals surface area contributed by atoms with Crippen LogP contribution in [0.3, 0.4) is 0 Å². The molecule has 0 aliphatic heterocycles. The Morgan fingerprint density at radius 3 is 1.20 bits per heavy atom. The lowest BCUT2D eigenvalue weighted by molar-refractivity contribution is 0.137. The fourth-order valence-corrected chi connectivity index (χ4v) is 0. The summed E-state index contributed by atoms with van der Waals surface area (Å²) in [5, 5.41) is 28.6. The van der Waals surface area contributed by atoms with Crippen molar-refractivity contribution in [3.8, 4) is 12.1 Å². The second-order valence-corrected chi connectivity index (χ2v) is 0.730. The number of nitrogens with zero attached hydrogens (tertiary/aromatic N) is 2. The molecule has 5 heteroatoms. The Balaban J connectivity index is -0.0000000750. The van der Waals surface area contributed by atoms with Crippen LogP contribution in [-0.2, 0) is 0 Å². The van der Waals surface area contributed by atoms with Crippen LogP contribution in [0.25, 0.3) is 0 Å². The van der Waals surface area contributed by atoms with Gasteiger partial charge in [0.25, 0.3) is 0 Å². The van der Waals surface area contributed by atoms with E-state index in [1.807, 2.05) is 0 Å². The standard InChI is InChI=1S/2C2H3N.CH2O3/c2*1-2-3;2-1(3)4/h2*1H3;(H2,2,3,4). The molecule has 0 aromatic heterocycles. The van der Waals surface area contributed by atoms with Gasteiger partial charge in [0.2, 0.25) is 0 Å². The highest BCUT2D eigenvalue weighted by molar-refractivity contribution is 5.53. The number of hydrogen-bond donors (Lipinski definition) is 2. The first-order valence-corrected chi connectivity index (χ1v) is 2.10. The van der Waals surface area contributed by atoms with Crippen molar-refractivity contribution in [2.24, 2.45) is 0 Å². The van der Waals surface area contributed by atoms with E-state index in [0.29, 0.717) is 0 Å². The Morgan fingerprint density at radius 1 is 1.20 bits per heavy atom. The highest BCUT2D eigenvalue weighted by atomic mass is 16.6. The molecule has 10 heavy (non-hydrogen) atoms. The lowest BCUT2D eigenvalue weighted by atomic mass is 11.0. The monoisotopic (exact) mass is 144 g/mol. The van der Waals surface area contributed by atoms with Crippen LogP contribution in [0.2, 0.25) is 0 Å². The van der Waals surface area contributed by atoms with Gasteiger partial charge in [-0.15, -0.1) is 0 Å². The van der Waals surface area contributed by atoms with E-state index >= 15 is 0 Å². The van der Waals surface area contributed by atoms with Gasteiger partial charge in [0.1, 0.15) is 0 Å². The van der Waals surface area contributed by atoms with Crippen molar-refractivity contribution >= 4 is 6.16 Å². The molecule has 0 bridgehead atoms. The predicted molar refractivity (Wildman–Crippen MR) is 33.2 cm³/mol. The SMILES string of the molecule is CC#N.CC#N.O=C(O)O. The summed E-state index contributed by atoms with van der Waals surface area (Å²) in [6.07, 6.45) is -1.83. The van der Waals surface area contributed by atoms with E-state index in [9.17, 15) is 0 Å². The summed E-state index contributed by atoms with van der Waals surface area (Å²) in [5.41, 5.74) is 0. The summed E-state index contributed by atoms with van der Waals surface area (Å²) in [5.74, 6) is 0. The Hall–Kier alpha value is -1.75. The Bertz CT molecular complexity index is 126. The van der Waals surface area contributed by atoms with Gasteiger partial charge in [0.05, 0.1) is 12.1 Å². The van der Waals surface area contributed by atoms with Gasteiger partial charge >= 0.3 is 6.16 Å². The zero-order valence-corrected chi connectivity index (χ0v) is 5.70. The fraction of sp³-hybridized carbons (Fsp3) is 0.400. The van der Waals surface area contributed by atoms with Crippen LogP contribution in [0.1, 0.15) is 13.8 Å². The average Bonchev–Trinajstić information content (AvgIpc) is 1.65. The van der Waals surface area contributed by atoms with E-state index in [1.54, 1.807) is 12.1 Å². The average molecular weight is 144 g/mol. The van der Waals surface area contributed by atoms with Gasteiger partial charge in [-0.05, 0) is 0 Å². The molecule has 56 valence electrons. The Morgan fingerprint density at radius 2 is 1.20 bits per heavy atom. The van der Waals surface area contributed by atoms with Crippen molar-refractivity contribution in [1.82, 2.24) is 0 Å². The molecule has 0 saturated heterocycles. The van der Waals surface area contributed by atoms with Gasteiger partial charge in [-0.3, -0.25) is 0 Å². The Kier molecular flexibility index (Phi) is 42.2. The van der Waals surface area contributed by atoms with E-state index in [2.05, 4.69) is 0 Å². The first-order valence-electron chi connectivity index (χ1n) is 2.10. The quantitative estimate of drug-likeness (QED) is 0.532. The van der Waals surface area contributed by atoms with Crippen molar-refractivity contribution in [2.75, 3.05) is 0 Å². The van der Waals surface area contributed by atoms with Crippen molar-refractivity contribution in [1.29, 1.82) is 10.5 Å². The molecule has 5 nitrogen and oxygen atoms in total. The zero-order chi connectivity index (χ0) is 8.99. The molecule has 0 amide bonds. The van der Waals surface area contributed by atoms with E-state index in [-0.39, 0.29) is 0 Å². The molecule has 0 aromatic rings. The molecular weight excluding hydrogens is 136 g/mol. The first kappa shape index (κ1) is 15.7. The molecule has 0 aliphatic carbocycles.